The van der Waals surface area contributed by atoms with Gasteiger partial charge in [-0.3, -0.25) is 14.5 Å². The van der Waals surface area contributed by atoms with Gasteiger partial charge in [-0.2, -0.15) is 5.10 Å². The molecular weight excluding hydrogens is 326 g/mol. The van der Waals surface area contributed by atoms with Crippen LogP contribution in [0.5, 0.6) is 0 Å². The van der Waals surface area contributed by atoms with E-state index in [1.807, 2.05) is 47.1 Å². The second-order valence-corrected chi connectivity index (χ2v) is 6.08. The van der Waals surface area contributed by atoms with Crippen LogP contribution >= 0.6 is 0 Å². The molecule has 1 aromatic carbocycles. The SMILES string of the molecule is C=CC(=O)N1CCn2nc(Nc3ccccc3)c(-c3ccncc3)c2C1. The smallest absolute Gasteiger partial charge is 0.246 e. The zero-order valence-electron chi connectivity index (χ0n) is 14.3. The Balaban J connectivity index is 1.79. The molecule has 0 fully saturated rings. The van der Waals surface area contributed by atoms with Crippen molar-refractivity contribution >= 4 is 17.4 Å². The van der Waals surface area contributed by atoms with Gasteiger partial charge in [-0.05, 0) is 35.9 Å². The molecule has 0 saturated heterocycles. The van der Waals surface area contributed by atoms with Crippen LogP contribution < -0.4 is 5.32 Å². The second-order valence-electron chi connectivity index (χ2n) is 6.08. The highest BCUT2D eigenvalue weighted by Crippen LogP contribution is 2.35. The lowest BCUT2D eigenvalue weighted by atomic mass is 10.1. The molecule has 0 spiro atoms. The number of nitrogens with one attached hydrogen (secondary N) is 1. The molecule has 4 rings (SSSR count). The van der Waals surface area contributed by atoms with E-state index < -0.39 is 0 Å². The van der Waals surface area contributed by atoms with Crippen LogP contribution in [0.1, 0.15) is 5.69 Å². The number of hydrogen-bond donors (Lipinski definition) is 1. The first kappa shape index (κ1) is 16.1. The number of anilines is 2. The zero-order chi connectivity index (χ0) is 17.9. The number of para-hydroxylation sites is 1. The van der Waals surface area contributed by atoms with Gasteiger partial charge in [0.15, 0.2) is 5.82 Å². The monoisotopic (exact) mass is 345 g/mol. The van der Waals surface area contributed by atoms with Crippen LogP contribution in [0.4, 0.5) is 11.5 Å². The Labute approximate surface area is 151 Å². The predicted molar refractivity (Wildman–Crippen MR) is 101 cm³/mol. The Bertz CT molecular complexity index is 934. The van der Waals surface area contributed by atoms with Gasteiger partial charge in [-0.1, -0.05) is 24.8 Å². The van der Waals surface area contributed by atoms with Crippen LogP contribution in [0.25, 0.3) is 11.1 Å². The van der Waals surface area contributed by atoms with Crippen LogP contribution in [-0.4, -0.2) is 32.1 Å². The fourth-order valence-corrected chi connectivity index (χ4v) is 3.20. The number of carbonyl (C=O) groups is 1. The number of nitrogens with zero attached hydrogens (tertiary/aromatic N) is 4. The number of hydrogen-bond acceptors (Lipinski definition) is 4. The molecule has 0 unspecified atom stereocenters. The predicted octanol–water partition coefficient (Wildman–Crippen LogP) is 3.22. The fraction of sp³-hybridized carbons (Fsp3) is 0.150. The van der Waals surface area contributed by atoms with E-state index in [0.29, 0.717) is 19.6 Å². The number of fused-ring (bicyclic) bond motifs is 1. The summed E-state index contributed by atoms with van der Waals surface area (Å²) in [6.45, 7) is 5.39. The number of benzene rings is 1. The highest BCUT2D eigenvalue weighted by atomic mass is 16.2. The highest BCUT2D eigenvalue weighted by molar-refractivity contribution is 5.87. The summed E-state index contributed by atoms with van der Waals surface area (Å²) in [6, 6.07) is 13.9. The molecule has 1 N–H and O–H groups in total. The summed E-state index contributed by atoms with van der Waals surface area (Å²) in [5, 5.41) is 8.17. The van der Waals surface area contributed by atoms with E-state index in [2.05, 4.69) is 16.9 Å². The van der Waals surface area contributed by atoms with E-state index in [4.69, 9.17) is 5.10 Å². The van der Waals surface area contributed by atoms with Crippen molar-refractivity contribution in [3.63, 3.8) is 0 Å². The summed E-state index contributed by atoms with van der Waals surface area (Å²) < 4.78 is 1.98. The lowest BCUT2D eigenvalue weighted by Gasteiger charge is -2.27. The van der Waals surface area contributed by atoms with Crippen LogP contribution in [0.2, 0.25) is 0 Å². The third-order valence-electron chi connectivity index (χ3n) is 4.47. The summed E-state index contributed by atoms with van der Waals surface area (Å²) in [7, 11) is 0. The molecule has 26 heavy (non-hydrogen) atoms. The Morgan fingerprint density at radius 1 is 1.12 bits per heavy atom. The van der Waals surface area contributed by atoms with Crippen molar-refractivity contribution in [3.8, 4) is 11.1 Å². The van der Waals surface area contributed by atoms with E-state index in [9.17, 15) is 4.79 Å². The average Bonchev–Trinajstić information content (AvgIpc) is 3.05. The van der Waals surface area contributed by atoms with Crippen molar-refractivity contribution in [2.75, 3.05) is 11.9 Å². The lowest BCUT2D eigenvalue weighted by Crippen LogP contribution is -2.37. The number of amides is 1. The van der Waals surface area contributed by atoms with Crippen LogP contribution in [-0.2, 0) is 17.9 Å². The minimum absolute atomic E-state index is 0.0595. The van der Waals surface area contributed by atoms with Crippen molar-refractivity contribution in [1.29, 1.82) is 0 Å². The van der Waals surface area contributed by atoms with Gasteiger partial charge in [0.2, 0.25) is 5.91 Å². The molecule has 1 aliphatic rings. The third kappa shape index (κ3) is 2.97. The molecule has 0 bridgehead atoms. The molecule has 0 radical (unpaired) electrons. The third-order valence-corrected chi connectivity index (χ3v) is 4.47. The summed E-state index contributed by atoms with van der Waals surface area (Å²) in [4.78, 5) is 18.0. The van der Waals surface area contributed by atoms with Gasteiger partial charge in [0.1, 0.15) is 0 Å². The first-order valence-corrected chi connectivity index (χ1v) is 8.50. The molecule has 6 heteroatoms. The lowest BCUT2D eigenvalue weighted by molar-refractivity contribution is -0.127. The van der Waals surface area contributed by atoms with Gasteiger partial charge in [0.25, 0.3) is 0 Å². The highest BCUT2D eigenvalue weighted by Gasteiger charge is 2.26. The number of rotatable bonds is 4. The van der Waals surface area contributed by atoms with Crippen LogP contribution in [0.3, 0.4) is 0 Å². The van der Waals surface area contributed by atoms with Crippen molar-refractivity contribution < 1.29 is 4.79 Å². The van der Waals surface area contributed by atoms with Crippen LogP contribution in [0.15, 0.2) is 67.5 Å². The molecule has 0 atom stereocenters. The van der Waals surface area contributed by atoms with E-state index in [0.717, 1.165) is 28.3 Å². The summed E-state index contributed by atoms with van der Waals surface area (Å²) >= 11 is 0. The number of carbonyl (C=O) groups excluding carboxylic acids is 1. The molecule has 6 nitrogen and oxygen atoms in total. The maximum absolute atomic E-state index is 12.1. The second kappa shape index (κ2) is 6.84. The number of pyridine rings is 1. The summed E-state index contributed by atoms with van der Waals surface area (Å²) in [6.07, 6.45) is 4.89. The Morgan fingerprint density at radius 2 is 1.88 bits per heavy atom. The topological polar surface area (TPSA) is 63.1 Å². The first-order valence-electron chi connectivity index (χ1n) is 8.50. The Hall–Kier alpha value is -3.41. The minimum atomic E-state index is -0.0595. The normalized spacial score (nSPS) is 13.2. The van der Waals surface area contributed by atoms with Crippen molar-refractivity contribution in [2.24, 2.45) is 0 Å². The zero-order valence-corrected chi connectivity index (χ0v) is 14.3. The fourth-order valence-electron chi connectivity index (χ4n) is 3.20. The number of aromatic nitrogens is 3. The molecule has 1 amide bonds. The molecule has 2 aromatic heterocycles. The maximum atomic E-state index is 12.1. The first-order chi connectivity index (χ1) is 12.8. The van der Waals surface area contributed by atoms with E-state index in [1.54, 1.807) is 17.3 Å². The molecule has 0 aliphatic carbocycles. The van der Waals surface area contributed by atoms with Crippen molar-refractivity contribution in [3.05, 3.63) is 73.2 Å². The van der Waals surface area contributed by atoms with Gasteiger partial charge in [0, 0.05) is 30.2 Å². The van der Waals surface area contributed by atoms with Gasteiger partial charge >= 0.3 is 0 Å². The summed E-state index contributed by atoms with van der Waals surface area (Å²) in [5.74, 6) is 0.723. The van der Waals surface area contributed by atoms with Crippen molar-refractivity contribution in [1.82, 2.24) is 19.7 Å². The van der Waals surface area contributed by atoms with Gasteiger partial charge in [0.05, 0.1) is 18.8 Å². The molecular formula is C20H19N5O. The van der Waals surface area contributed by atoms with E-state index in [-0.39, 0.29) is 5.91 Å². The maximum Gasteiger partial charge on any atom is 0.246 e. The standard InChI is InChI=1S/C20H19N5O/c1-2-18(26)24-12-13-25-17(14-24)19(15-8-10-21-11-9-15)20(23-25)22-16-6-4-3-5-7-16/h2-11H,1,12-14H2,(H,22,23). The van der Waals surface area contributed by atoms with Crippen LogP contribution in [0, 0.1) is 0 Å². The van der Waals surface area contributed by atoms with Gasteiger partial charge in [-0.25, -0.2) is 0 Å². The minimum Gasteiger partial charge on any atom is -0.338 e. The average molecular weight is 345 g/mol. The quantitative estimate of drug-likeness (QED) is 0.738. The van der Waals surface area contributed by atoms with Crippen molar-refractivity contribution in [2.45, 2.75) is 13.1 Å². The molecule has 130 valence electrons. The van der Waals surface area contributed by atoms with Gasteiger partial charge < -0.3 is 10.2 Å². The van der Waals surface area contributed by atoms with E-state index in [1.165, 1.54) is 6.08 Å². The molecule has 3 aromatic rings. The molecule has 3 heterocycles. The summed E-state index contributed by atoms with van der Waals surface area (Å²) in [5.41, 5.74) is 4.00. The molecule has 0 saturated carbocycles. The largest absolute Gasteiger partial charge is 0.338 e. The Kier molecular flexibility index (Phi) is 4.23. The Morgan fingerprint density at radius 3 is 2.62 bits per heavy atom. The molecule has 1 aliphatic heterocycles. The van der Waals surface area contributed by atoms with E-state index >= 15 is 0 Å². The van der Waals surface area contributed by atoms with Gasteiger partial charge in [-0.15, -0.1) is 0 Å².